The standard InChI is InChI=1S/C25H20O2/c1-13-2-3-14(12-26)22-9-16-7-18-11-24-20-5-4-19(25(20)27)23(24)10-17(18)6-15(16)8-21(13)22/h2-10,12-14,18-20H,11H2,1H3/t13?,14-,18-,19?,20+/m0/s1. The van der Waals surface area contributed by atoms with E-state index in [1.54, 1.807) is 0 Å². The van der Waals surface area contributed by atoms with Gasteiger partial charge in [-0.25, -0.2) is 0 Å². The van der Waals surface area contributed by atoms with E-state index in [4.69, 9.17) is 0 Å². The lowest BCUT2D eigenvalue weighted by Gasteiger charge is -2.28. The first-order chi connectivity index (χ1) is 13.1. The first-order valence-corrected chi connectivity index (χ1v) is 9.81. The molecule has 0 radical (unpaired) electrons. The molecule has 0 heterocycles. The Bertz CT molecular complexity index is 1170. The average Bonchev–Trinajstić information content (AvgIpc) is 3.17. The first-order valence-electron chi connectivity index (χ1n) is 9.81. The van der Waals surface area contributed by atoms with Crippen molar-refractivity contribution in [3.8, 4) is 0 Å². The van der Waals surface area contributed by atoms with E-state index in [0.29, 0.717) is 17.6 Å². The summed E-state index contributed by atoms with van der Waals surface area (Å²) in [5.74, 6) is 0.900. The van der Waals surface area contributed by atoms with Crippen molar-refractivity contribution in [2.45, 2.75) is 25.2 Å². The molecule has 1 aromatic rings. The zero-order valence-corrected chi connectivity index (χ0v) is 15.2. The maximum atomic E-state index is 12.4. The molecule has 0 saturated carbocycles. The average molecular weight is 352 g/mol. The Morgan fingerprint density at radius 2 is 1.78 bits per heavy atom. The number of ketones is 1. The molecule has 0 N–H and O–H groups in total. The summed E-state index contributed by atoms with van der Waals surface area (Å²) in [7, 11) is 0. The number of hydrogen-bond acceptors (Lipinski definition) is 2. The fourth-order valence-electron chi connectivity index (χ4n) is 5.53. The van der Waals surface area contributed by atoms with Crippen LogP contribution < -0.4 is 10.4 Å². The molecule has 0 aliphatic heterocycles. The van der Waals surface area contributed by atoms with Crippen molar-refractivity contribution in [2.75, 3.05) is 0 Å². The van der Waals surface area contributed by atoms with Crippen LogP contribution >= 0.6 is 0 Å². The number of carbonyl (C=O) groups excluding carboxylic acids is 2. The Morgan fingerprint density at radius 3 is 2.63 bits per heavy atom. The number of aldehydes is 1. The molecule has 0 aromatic heterocycles. The highest BCUT2D eigenvalue weighted by Crippen LogP contribution is 2.48. The van der Waals surface area contributed by atoms with E-state index in [2.05, 4.69) is 55.5 Å². The predicted molar refractivity (Wildman–Crippen MR) is 105 cm³/mol. The first kappa shape index (κ1) is 15.3. The summed E-state index contributed by atoms with van der Waals surface area (Å²) in [6.07, 6.45) is 17.2. The second-order valence-corrected chi connectivity index (χ2v) is 8.43. The highest BCUT2D eigenvalue weighted by Gasteiger charge is 2.44. The van der Waals surface area contributed by atoms with Crippen molar-refractivity contribution < 1.29 is 9.59 Å². The summed E-state index contributed by atoms with van der Waals surface area (Å²) in [4.78, 5) is 24.0. The van der Waals surface area contributed by atoms with Gasteiger partial charge >= 0.3 is 0 Å². The molecule has 6 rings (SSSR count). The molecule has 2 bridgehead atoms. The van der Waals surface area contributed by atoms with Crippen molar-refractivity contribution >= 4 is 24.2 Å². The Morgan fingerprint density at radius 1 is 0.963 bits per heavy atom. The van der Waals surface area contributed by atoms with E-state index in [1.165, 1.54) is 32.7 Å². The highest BCUT2D eigenvalue weighted by atomic mass is 16.1. The molecule has 2 unspecified atom stereocenters. The SMILES string of the molecule is CC1C=C[C@@H](C=O)c2cc3c(cc21)=CC1=CC2=C(C[C@@H]1C=3)[C@H]1C=CC2C1=O. The largest absolute Gasteiger partial charge is 0.302 e. The topological polar surface area (TPSA) is 34.1 Å². The second-order valence-electron chi connectivity index (χ2n) is 8.43. The Hall–Kier alpha value is -2.74. The smallest absolute Gasteiger partial charge is 0.154 e. The third-order valence-corrected chi connectivity index (χ3v) is 6.98. The van der Waals surface area contributed by atoms with Crippen molar-refractivity contribution in [3.05, 3.63) is 80.8 Å². The van der Waals surface area contributed by atoms with Gasteiger partial charge in [-0.1, -0.05) is 67.2 Å². The van der Waals surface area contributed by atoms with Gasteiger partial charge in [-0.2, -0.15) is 0 Å². The molecule has 2 nitrogen and oxygen atoms in total. The minimum absolute atomic E-state index is 0.00436. The number of Topliss-reactive ketones (excluding diaryl/α,β-unsaturated/α-hetero) is 1. The normalized spacial score (nSPS) is 34.2. The van der Waals surface area contributed by atoms with Crippen molar-refractivity contribution in [1.82, 2.24) is 0 Å². The van der Waals surface area contributed by atoms with Crippen LogP contribution in [0.5, 0.6) is 0 Å². The Kier molecular flexibility index (Phi) is 2.93. The van der Waals surface area contributed by atoms with Gasteiger partial charge in [0.2, 0.25) is 0 Å². The van der Waals surface area contributed by atoms with Gasteiger partial charge in [0.15, 0.2) is 5.78 Å². The van der Waals surface area contributed by atoms with Gasteiger partial charge in [-0.3, -0.25) is 4.79 Å². The molecule has 5 atom stereocenters. The molecule has 0 saturated heterocycles. The van der Waals surface area contributed by atoms with Crippen LogP contribution in [-0.2, 0) is 9.59 Å². The van der Waals surface area contributed by atoms with E-state index < -0.39 is 0 Å². The van der Waals surface area contributed by atoms with Crippen LogP contribution in [0.25, 0.3) is 12.2 Å². The number of fused-ring (bicyclic) bond motifs is 7. The Labute approximate surface area is 158 Å². The molecule has 27 heavy (non-hydrogen) atoms. The van der Waals surface area contributed by atoms with Crippen LogP contribution in [0.2, 0.25) is 0 Å². The van der Waals surface area contributed by atoms with E-state index >= 15 is 0 Å². The number of benzene rings is 1. The van der Waals surface area contributed by atoms with Gasteiger partial charge in [-0.05, 0) is 45.0 Å². The van der Waals surface area contributed by atoms with Gasteiger partial charge in [0.25, 0.3) is 0 Å². The summed E-state index contributed by atoms with van der Waals surface area (Å²) in [6.45, 7) is 2.18. The highest BCUT2D eigenvalue weighted by molar-refractivity contribution is 5.99. The lowest BCUT2D eigenvalue weighted by molar-refractivity contribution is -0.120. The molecular weight excluding hydrogens is 332 g/mol. The van der Waals surface area contributed by atoms with Crippen LogP contribution in [0.3, 0.4) is 0 Å². The minimum Gasteiger partial charge on any atom is -0.302 e. The van der Waals surface area contributed by atoms with Gasteiger partial charge in [0.05, 0.1) is 17.8 Å². The predicted octanol–water partition coefficient (Wildman–Crippen LogP) is 2.84. The van der Waals surface area contributed by atoms with E-state index in [9.17, 15) is 9.59 Å². The van der Waals surface area contributed by atoms with Crippen LogP contribution in [0.4, 0.5) is 0 Å². The molecule has 5 aliphatic rings. The zero-order chi connectivity index (χ0) is 18.3. The number of carbonyl (C=O) groups is 2. The van der Waals surface area contributed by atoms with Gasteiger partial charge in [0, 0.05) is 5.92 Å². The van der Waals surface area contributed by atoms with Crippen molar-refractivity contribution in [2.24, 2.45) is 17.8 Å². The Balaban J connectivity index is 1.51. The summed E-state index contributed by atoms with van der Waals surface area (Å²) in [5.41, 5.74) is 6.30. The molecule has 0 spiro atoms. The summed E-state index contributed by atoms with van der Waals surface area (Å²) in [6, 6.07) is 4.48. The fourth-order valence-corrected chi connectivity index (χ4v) is 5.53. The second kappa shape index (κ2) is 5.16. The van der Waals surface area contributed by atoms with Crippen LogP contribution in [0.15, 0.2) is 59.2 Å². The molecule has 1 aromatic carbocycles. The van der Waals surface area contributed by atoms with Crippen molar-refractivity contribution in [1.29, 1.82) is 0 Å². The minimum atomic E-state index is -0.138. The quantitative estimate of drug-likeness (QED) is 0.575. The number of rotatable bonds is 1. The lowest BCUT2D eigenvalue weighted by atomic mass is 9.76. The lowest BCUT2D eigenvalue weighted by Crippen LogP contribution is -2.33. The van der Waals surface area contributed by atoms with Crippen LogP contribution in [-0.4, -0.2) is 12.1 Å². The summed E-state index contributed by atoms with van der Waals surface area (Å²) >= 11 is 0. The molecule has 0 amide bonds. The van der Waals surface area contributed by atoms with Crippen LogP contribution in [0.1, 0.15) is 36.3 Å². The maximum Gasteiger partial charge on any atom is 0.154 e. The third-order valence-electron chi connectivity index (χ3n) is 6.98. The molecule has 132 valence electrons. The maximum absolute atomic E-state index is 12.4. The third kappa shape index (κ3) is 1.96. The van der Waals surface area contributed by atoms with Gasteiger partial charge < -0.3 is 4.79 Å². The zero-order valence-electron chi connectivity index (χ0n) is 15.2. The molecular formula is C25H20O2. The van der Waals surface area contributed by atoms with Crippen LogP contribution in [0, 0.1) is 17.8 Å². The van der Waals surface area contributed by atoms with E-state index in [-0.39, 0.29) is 17.8 Å². The molecule has 0 fully saturated rings. The summed E-state index contributed by atoms with van der Waals surface area (Å²) < 4.78 is 0. The van der Waals surface area contributed by atoms with Gasteiger partial charge in [-0.15, -0.1) is 0 Å². The fraction of sp³-hybridized carbons (Fsp3) is 0.280. The van der Waals surface area contributed by atoms with Gasteiger partial charge in [0.1, 0.15) is 6.29 Å². The van der Waals surface area contributed by atoms with E-state index in [0.717, 1.165) is 18.3 Å². The number of allylic oxidation sites excluding steroid dienone is 8. The van der Waals surface area contributed by atoms with Crippen molar-refractivity contribution in [3.63, 3.8) is 0 Å². The monoisotopic (exact) mass is 352 g/mol. The summed E-state index contributed by atoms with van der Waals surface area (Å²) in [5, 5.41) is 2.46. The molecule has 2 heteroatoms. The molecule has 5 aliphatic carbocycles. The number of hydrogen-bond donors (Lipinski definition) is 0. The van der Waals surface area contributed by atoms with E-state index in [1.807, 2.05) is 6.08 Å².